The van der Waals surface area contributed by atoms with Gasteiger partial charge < -0.3 is 10.3 Å². The van der Waals surface area contributed by atoms with Crippen molar-refractivity contribution in [1.29, 1.82) is 10.8 Å². The standard InChI is InChI=1S/C17H15N5/c1-2-22-11-15(13-9-20-21-10-13)14(17(22)19)8-16(18)12-6-4-3-5-7-12/h2-11,18-19H,1H2,(H,20,21)/b14-8-,18-16?,19-17?. The molecule has 5 heteroatoms. The first-order valence-corrected chi connectivity index (χ1v) is 6.77. The second kappa shape index (κ2) is 5.65. The Morgan fingerprint density at radius 2 is 2.05 bits per heavy atom. The van der Waals surface area contributed by atoms with Gasteiger partial charge in [0, 0.05) is 35.3 Å². The van der Waals surface area contributed by atoms with Gasteiger partial charge in [-0.3, -0.25) is 10.5 Å². The first kappa shape index (κ1) is 13.8. The highest BCUT2D eigenvalue weighted by atomic mass is 15.2. The van der Waals surface area contributed by atoms with Gasteiger partial charge in [0.1, 0.15) is 5.84 Å². The maximum atomic E-state index is 8.26. The Labute approximate surface area is 128 Å². The summed E-state index contributed by atoms with van der Waals surface area (Å²) in [5.74, 6) is 0.298. The van der Waals surface area contributed by atoms with Gasteiger partial charge in [0.15, 0.2) is 0 Å². The highest BCUT2D eigenvalue weighted by Gasteiger charge is 2.25. The van der Waals surface area contributed by atoms with E-state index < -0.39 is 0 Å². The van der Waals surface area contributed by atoms with Crippen molar-refractivity contribution in [2.75, 3.05) is 0 Å². The number of nitrogens with zero attached hydrogens (tertiary/aromatic N) is 2. The molecule has 5 nitrogen and oxygen atoms in total. The fourth-order valence-corrected chi connectivity index (χ4v) is 2.30. The van der Waals surface area contributed by atoms with E-state index in [1.54, 1.807) is 29.6 Å². The van der Waals surface area contributed by atoms with E-state index in [9.17, 15) is 0 Å². The predicted octanol–water partition coefficient (Wildman–Crippen LogP) is 3.18. The van der Waals surface area contributed by atoms with Crippen molar-refractivity contribution in [3.8, 4) is 0 Å². The highest BCUT2D eigenvalue weighted by molar-refractivity contribution is 6.21. The van der Waals surface area contributed by atoms with Crippen LogP contribution in [0.25, 0.3) is 5.57 Å². The molecule has 0 unspecified atom stereocenters. The summed E-state index contributed by atoms with van der Waals surface area (Å²) in [6.07, 6.45) is 8.58. The molecule has 0 spiro atoms. The second-order valence-electron chi connectivity index (χ2n) is 4.81. The molecule has 3 rings (SSSR count). The van der Waals surface area contributed by atoms with Crippen LogP contribution in [0.4, 0.5) is 0 Å². The van der Waals surface area contributed by atoms with Gasteiger partial charge >= 0.3 is 0 Å². The molecule has 1 aromatic heterocycles. The van der Waals surface area contributed by atoms with E-state index in [0.29, 0.717) is 17.1 Å². The lowest BCUT2D eigenvalue weighted by molar-refractivity contribution is 0.775. The van der Waals surface area contributed by atoms with E-state index in [1.807, 2.05) is 36.5 Å². The molecule has 0 amide bonds. The summed E-state index contributed by atoms with van der Waals surface area (Å²) < 4.78 is 0. The lowest BCUT2D eigenvalue weighted by Gasteiger charge is -2.09. The summed E-state index contributed by atoms with van der Waals surface area (Å²) in [6.45, 7) is 3.72. The third kappa shape index (κ3) is 2.40. The van der Waals surface area contributed by atoms with E-state index in [2.05, 4.69) is 16.8 Å². The largest absolute Gasteiger partial charge is 0.309 e. The lowest BCUT2D eigenvalue weighted by atomic mass is 9.99. The summed E-state index contributed by atoms with van der Waals surface area (Å²) in [6, 6.07) is 9.46. The topological polar surface area (TPSA) is 79.6 Å². The first-order chi connectivity index (χ1) is 10.7. The van der Waals surface area contributed by atoms with Gasteiger partial charge in [-0.1, -0.05) is 36.9 Å². The molecule has 0 saturated carbocycles. The summed E-state index contributed by atoms with van der Waals surface area (Å²) in [5.41, 5.74) is 3.57. The zero-order chi connectivity index (χ0) is 15.5. The van der Waals surface area contributed by atoms with Crippen LogP contribution >= 0.6 is 0 Å². The smallest absolute Gasteiger partial charge is 0.137 e. The zero-order valence-electron chi connectivity index (χ0n) is 11.9. The quantitative estimate of drug-likeness (QED) is 0.756. The molecule has 22 heavy (non-hydrogen) atoms. The van der Waals surface area contributed by atoms with Gasteiger partial charge in [0.2, 0.25) is 0 Å². The average molecular weight is 289 g/mol. The molecular formula is C17H15N5. The molecule has 1 aromatic carbocycles. The Morgan fingerprint density at radius 1 is 1.27 bits per heavy atom. The van der Waals surface area contributed by atoms with Crippen LogP contribution < -0.4 is 0 Å². The van der Waals surface area contributed by atoms with Crippen molar-refractivity contribution in [2.24, 2.45) is 0 Å². The third-order valence-electron chi connectivity index (χ3n) is 3.45. The highest BCUT2D eigenvalue weighted by Crippen LogP contribution is 2.31. The lowest BCUT2D eigenvalue weighted by Crippen LogP contribution is -2.15. The number of H-pyrrole nitrogens is 1. The monoisotopic (exact) mass is 289 g/mol. The van der Waals surface area contributed by atoms with Gasteiger partial charge in [-0.15, -0.1) is 0 Å². The van der Waals surface area contributed by atoms with Crippen LogP contribution in [0.15, 0.2) is 73.4 Å². The zero-order valence-corrected chi connectivity index (χ0v) is 11.9. The molecule has 0 bridgehead atoms. The molecule has 0 fully saturated rings. The number of hydrogen-bond donors (Lipinski definition) is 3. The van der Waals surface area contributed by atoms with E-state index in [-0.39, 0.29) is 0 Å². The van der Waals surface area contributed by atoms with Gasteiger partial charge in [0.25, 0.3) is 0 Å². The van der Waals surface area contributed by atoms with E-state index >= 15 is 0 Å². The van der Waals surface area contributed by atoms with Crippen molar-refractivity contribution in [3.05, 3.63) is 84.5 Å². The maximum Gasteiger partial charge on any atom is 0.137 e. The molecule has 1 aliphatic rings. The van der Waals surface area contributed by atoms with Crippen molar-refractivity contribution in [2.45, 2.75) is 0 Å². The number of aromatic nitrogens is 2. The molecule has 3 N–H and O–H groups in total. The van der Waals surface area contributed by atoms with Crippen LogP contribution in [0.3, 0.4) is 0 Å². The molecule has 108 valence electrons. The van der Waals surface area contributed by atoms with Gasteiger partial charge in [-0.25, -0.2) is 0 Å². The molecule has 0 aliphatic carbocycles. The van der Waals surface area contributed by atoms with E-state index in [1.165, 1.54) is 0 Å². The number of benzene rings is 1. The Kier molecular flexibility index (Phi) is 3.53. The van der Waals surface area contributed by atoms with Crippen LogP contribution in [0.2, 0.25) is 0 Å². The second-order valence-corrected chi connectivity index (χ2v) is 4.81. The number of allylic oxidation sites excluding steroid dienone is 1. The minimum absolute atomic E-state index is 0.298. The molecule has 0 radical (unpaired) electrons. The molecule has 0 atom stereocenters. The molecule has 1 aliphatic heterocycles. The van der Waals surface area contributed by atoms with Crippen LogP contribution in [-0.4, -0.2) is 26.6 Å². The Bertz CT molecular complexity index is 782. The predicted molar refractivity (Wildman–Crippen MR) is 87.7 cm³/mol. The molecule has 0 saturated heterocycles. The number of hydrogen-bond acceptors (Lipinski definition) is 3. The van der Waals surface area contributed by atoms with Crippen molar-refractivity contribution in [3.63, 3.8) is 0 Å². The minimum Gasteiger partial charge on any atom is -0.309 e. The Morgan fingerprint density at radius 3 is 2.68 bits per heavy atom. The van der Waals surface area contributed by atoms with E-state index in [0.717, 1.165) is 16.7 Å². The molecule has 2 heterocycles. The third-order valence-corrected chi connectivity index (χ3v) is 3.45. The Hall–Kier alpha value is -3.21. The number of rotatable bonds is 4. The normalized spacial score (nSPS) is 16.0. The minimum atomic E-state index is 0.298. The van der Waals surface area contributed by atoms with E-state index in [4.69, 9.17) is 10.8 Å². The fraction of sp³-hybridized carbons (Fsp3) is 0. The molecular weight excluding hydrogens is 274 g/mol. The summed E-state index contributed by atoms with van der Waals surface area (Å²) in [5, 5.41) is 23.2. The molecule has 2 aromatic rings. The van der Waals surface area contributed by atoms with Crippen molar-refractivity contribution < 1.29 is 0 Å². The first-order valence-electron chi connectivity index (χ1n) is 6.77. The van der Waals surface area contributed by atoms with Crippen LogP contribution in [-0.2, 0) is 0 Å². The van der Waals surface area contributed by atoms with Crippen LogP contribution in [0.1, 0.15) is 11.1 Å². The SMILES string of the molecule is C=CN1C=C(c2cn[nH]c2)/C(=C/C(=N)c2ccccc2)C1=N. The van der Waals surface area contributed by atoms with Gasteiger partial charge in [0.05, 0.1) is 11.9 Å². The van der Waals surface area contributed by atoms with Gasteiger partial charge in [-0.05, 0) is 11.6 Å². The number of nitrogens with one attached hydrogen (secondary N) is 3. The number of amidine groups is 1. The fourth-order valence-electron chi connectivity index (χ4n) is 2.30. The average Bonchev–Trinajstić information content (AvgIpc) is 3.17. The van der Waals surface area contributed by atoms with Crippen molar-refractivity contribution in [1.82, 2.24) is 15.1 Å². The van der Waals surface area contributed by atoms with Gasteiger partial charge in [-0.2, -0.15) is 5.10 Å². The maximum absolute atomic E-state index is 8.26. The van der Waals surface area contributed by atoms with Crippen LogP contribution in [0, 0.1) is 10.8 Å². The number of aromatic amines is 1. The van der Waals surface area contributed by atoms with Crippen molar-refractivity contribution >= 4 is 17.1 Å². The van der Waals surface area contributed by atoms with Crippen LogP contribution in [0.5, 0.6) is 0 Å². The summed E-state index contributed by atoms with van der Waals surface area (Å²) >= 11 is 0. The Balaban J connectivity index is 2.02. The summed E-state index contributed by atoms with van der Waals surface area (Å²) in [4.78, 5) is 1.63. The summed E-state index contributed by atoms with van der Waals surface area (Å²) in [7, 11) is 0.